The average molecular weight is 198 g/mol. The molecule has 2 atom stereocenters. The van der Waals surface area contributed by atoms with Gasteiger partial charge in [-0.2, -0.15) is 0 Å². The number of hydrogen-bond acceptors (Lipinski definition) is 3. The Kier molecular flexibility index (Phi) is 3.79. The lowest BCUT2D eigenvalue weighted by atomic mass is 10.0. The second-order valence-electron chi connectivity index (χ2n) is 4.57. The van der Waals surface area contributed by atoms with Crippen molar-refractivity contribution in [2.24, 2.45) is 0 Å². The third-order valence-electron chi connectivity index (χ3n) is 3.39. The molecule has 2 heterocycles. The van der Waals surface area contributed by atoms with E-state index in [9.17, 15) is 0 Å². The smallest absolute Gasteiger partial charge is 0.0632 e. The monoisotopic (exact) mass is 198 g/mol. The van der Waals surface area contributed by atoms with Crippen LogP contribution in [0, 0.1) is 0 Å². The maximum Gasteiger partial charge on any atom is 0.0632 e. The zero-order chi connectivity index (χ0) is 9.80. The van der Waals surface area contributed by atoms with Crippen molar-refractivity contribution in [1.82, 2.24) is 10.2 Å². The van der Waals surface area contributed by atoms with Crippen molar-refractivity contribution < 1.29 is 4.74 Å². The van der Waals surface area contributed by atoms with E-state index < -0.39 is 0 Å². The Bertz CT molecular complexity index is 169. The van der Waals surface area contributed by atoms with E-state index in [1.807, 2.05) is 0 Å². The quantitative estimate of drug-likeness (QED) is 0.712. The molecule has 0 spiro atoms. The van der Waals surface area contributed by atoms with E-state index in [0.29, 0.717) is 6.04 Å². The Hall–Kier alpha value is -0.120. The van der Waals surface area contributed by atoms with Gasteiger partial charge in [0.25, 0.3) is 0 Å². The molecule has 3 nitrogen and oxygen atoms in total. The van der Waals surface area contributed by atoms with Gasteiger partial charge in [0, 0.05) is 25.2 Å². The minimum Gasteiger partial charge on any atom is -0.378 e. The second kappa shape index (κ2) is 5.10. The van der Waals surface area contributed by atoms with Crippen molar-refractivity contribution in [3.63, 3.8) is 0 Å². The highest BCUT2D eigenvalue weighted by Gasteiger charge is 2.22. The summed E-state index contributed by atoms with van der Waals surface area (Å²) in [5.74, 6) is 0. The molecule has 0 aromatic rings. The molecule has 2 rings (SSSR count). The van der Waals surface area contributed by atoms with Gasteiger partial charge in [0.05, 0.1) is 13.2 Å². The standard InChI is InChI=1S/C11H22N2O/c1-10-4-2-3-6-13(10)8-11-9-14-7-5-12-11/h10-12H,2-9H2,1H3/t10-,11-/m0/s1. The predicted molar refractivity (Wildman–Crippen MR) is 57.5 cm³/mol. The molecule has 0 radical (unpaired) electrons. The molecule has 0 amide bonds. The van der Waals surface area contributed by atoms with Gasteiger partial charge in [-0.05, 0) is 26.3 Å². The topological polar surface area (TPSA) is 24.5 Å². The molecule has 82 valence electrons. The Morgan fingerprint density at radius 1 is 1.43 bits per heavy atom. The highest BCUT2D eigenvalue weighted by molar-refractivity contribution is 4.80. The normalized spacial score (nSPS) is 35.8. The number of nitrogens with zero attached hydrogens (tertiary/aromatic N) is 1. The van der Waals surface area contributed by atoms with Crippen molar-refractivity contribution in [1.29, 1.82) is 0 Å². The molecule has 0 unspecified atom stereocenters. The number of likely N-dealkylation sites (tertiary alicyclic amines) is 1. The van der Waals surface area contributed by atoms with E-state index in [4.69, 9.17) is 4.74 Å². The first-order chi connectivity index (χ1) is 6.86. The van der Waals surface area contributed by atoms with Gasteiger partial charge in [0.15, 0.2) is 0 Å². The van der Waals surface area contributed by atoms with Crippen molar-refractivity contribution in [3.8, 4) is 0 Å². The summed E-state index contributed by atoms with van der Waals surface area (Å²) in [5.41, 5.74) is 0. The SMILES string of the molecule is C[C@H]1CCCCN1C[C@H]1COCCN1. The number of morpholine rings is 1. The molecule has 2 aliphatic rings. The minimum atomic E-state index is 0.560. The van der Waals surface area contributed by atoms with Crippen molar-refractivity contribution in [2.45, 2.75) is 38.3 Å². The summed E-state index contributed by atoms with van der Waals surface area (Å²) in [6.07, 6.45) is 4.15. The number of rotatable bonds is 2. The van der Waals surface area contributed by atoms with Crippen molar-refractivity contribution >= 4 is 0 Å². The summed E-state index contributed by atoms with van der Waals surface area (Å²) in [6, 6.07) is 1.33. The molecule has 14 heavy (non-hydrogen) atoms. The van der Waals surface area contributed by atoms with Crippen LogP contribution in [0.3, 0.4) is 0 Å². The van der Waals surface area contributed by atoms with Gasteiger partial charge in [0.1, 0.15) is 0 Å². The van der Waals surface area contributed by atoms with Gasteiger partial charge in [-0.15, -0.1) is 0 Å². The Morgan fingerprint density at radius 3 is 3.07 bits per heavy atom. The highest BCUT2D eigenvalue weighted by Crippen LogP contribution is 2.16. The van der Waals surface area contributed by atoms with E-state index in [0.717, 1.165) is 25.8 Å². The van der Waals surface area contributed by atoms with Crippen LogP contribution in [0.5, 0.6) is 0 Å². The Labute approximate surface area is 86.8 Å². The lowest BCUT2D eigenvalue weighted by Gasteiger charge is -2.37. The van der Waals surface area contributed by atoms with Crippen LogP contribution in [0.15, 0.2) is 0 Å². The average Bonchev–Trinajstić information content (AvgIpc) is 2.23. The largest absolute Gasteiger partial charge is 0.378 e. The van der Waals surface area contributed by atoms with E-state index in [1.54, 1.807) is 0 Å². The van der Waals surface area contributed by atoms with Gasteiger partial charge in [0.2, 0.25) is 0 Å². The van der Waals surface area contributed by atoms with Crippen LogP contribution >= 0.6 is 0 Å². The van der Waals surface area contributed by atoms with Gasteiger partial charge in [-0.1, -0.05) is 6.42 Å². The third-order valence-corrected chi connectivity index (χ3v) is 3.39. The van der Waals surface area contributed by atoms with Crippen LogP contribution in [0.1, 0.15) is 26.2 Å². The fraction of sp³-hybridized carbons (Fsp3) is 1.00. The summed E-state index contributed by atoms with van der Waals surface area (Å²) < 4.78 is 5.47. The maximum atomic E-state index is 5.47. The van der Waals surface area contributed by atoms with E-state index >= 15 is 0 Å². The number of hydrogen-bond donors (Lipinski definition) is 1. The summed E-state index contributed by atoms with van der Waals surface area (Å²) in [7, 11) is 0. The highest BCUT2D eigenvalue weighted by atomic mass is 16.5. The molecule has 2 saturated heterocycles. The summed E-state index contributed by atoms with van der Waals surface area (Å²) >= 11 is 0. The van der Waals surface area contributed by atoms with Crippen LogP contribution in [0.2, 0.25) is 0 Å². The third kappa shape index (κ3) is 2.69. The fourth-order valence-electron chi connectivity index (χ4n) is 2.45. The zero-order valence-electron chi connectivity index (χ0n) is 9.17. The van der Waals surface area contributed by atoms with Gasteiger partial charge < -0.3 is 10.1 Å². The molecule has 0 saturated carbocycles. The molecule has 2 aliphatic heterocycles. The molecule has 3 heteroatoms. The molecule has 0 bridgehead atoms. The second-order valence-corrected chi connectivity index (χ2v) is 4.57. The first kappa shape index (κ1) is 10.4. The summed E-state index contributed by atoms with van der Waals surface area (Å²) in [5, 5.41) is 3.52. The summed E-state index contributed by atoms with van der Waals surface area (Å²) in [4.78, 5) is 2.61. The first-order valence-electron chi connectivity index (χ1n) is 5.91. The molecule has 0 aliphatic carbocycles. The van der Waals surface area contributed by atoms with E-state index in [2.05, 4.69) is 17.1 Å². The molecule has 1 N–H and O–H groups in total. The Morgan fingerprint density at radius 2 is 2.36 bits per heavy atom. The number of ether oxygens (including phenoxy) is 1. The van der Waals surface area contributed by atoms with Crippen molar-refractivity contribution in [2.75, 3.05) is 32.8 Å². The maximum absolute atomic E-state index is 5.47. The van der Waals surface area contributed by atoms with E-state index in [-0.39, 0.29) is 0 Å². The van der Waals surface area contributed by atoms with Gasteiger partial charge in [-0.3, -0.25) is 4.90 Å². The Balaban J connectivity index is 1.76. The van der Waals surface area contributed by atoms with Crippen molar-refractivity contribution in [3.05, 3.63) is 0 Å². The molecule has 0 aromatic carbocycles. The molecular weight excluding hydrogens is 176 g/mol. The summed E-state index contributed by atoms with van der Waals surface area (Å²) in [6.45, 7) is 7.59. The minimum absolute atomic E-state index is 0.560. The van der Waals surface area contributed by atoms with E-state index in [1.165, 1.54) is 32.4 Å². The van der Waals surface area contributed by atoms with Gasteiger partial charge >= 0.3 is 0 Å². The van der Waals surface area contributed by atoms with Crippen LogP contribution in [-0.2, 0) is 4.74 Å². The van der Waals surface area contributed by atoms with Crippen LogP contribution in [0.4, 0.5) is 0 Å². The number of piperidine rings is 1. The fourth-order valence-corrected chi connectivity index (χ4v) is 2.45. The lowest BCUT2D eigenvalue weighted by molar-refractivity contribution is 0.0492. The number of nitrogens with one attached hydrogen (secondary N) is 1. The lowest BCUT2D eigenvalue weighted by Crippen LogP contribution is -2.51. The zero-order valence-corrected chi connectivity index (χ0v) is 9.17. The first-order valence-corrected chi connectivity index (χ1v) is 5.91. The molecule has 2 fully saturated rings. The molecule has 0 aromatic heterocycles. The predicted octanol–water partition coefficient (Wildman–Crippen LogP) is 0.849. The van der Waals surface area contributed by atoms with Crippen LogP contribution in [0.25, 0.3) is 0 Å². The molecular formula is C11H22N2O. The van der Waals surface area contributed by atoms with Crippen LogP contribution in [-0.4, -0.2) is 49.8 Å². The van der Waals surface area contributed by atoms with Crippen LogP contribution < -0.4 is 5.32 Å². The van der Waals surface area contributed by atoms with Gasteiger partial charge in [-0.25, -0.2) is 0 Å².